The number of likely N-dealkylation sites (tertiary alicyclic amines) is 1. The molecular formula is C20H23ClN2O3. The van der Waals surface area contributed by atoms with Gasteiger partial charge in [-0.3, -0.25) is 4.79 Å². The zero-order chi connectivity index (χ0) is 17.9. The van der Waals surface area contributed by atoms with Crippen LogP contribution in [0.2, 0.25) is 5.02 Å². The first-order valence-electron chi connectivity index (χ1n) is 9.36. The van der Waals surface area contributed by atoms with Crippen LogP contribution in [-0.2, 0) is 12.8 Å². The summed E-state index contributed by atoms with van der Waals surface area (Å²) < 4.78 is 11.3. The lowest BCUT2D eigenvalue weighted by atomic mass is 9.95. The van der Waals surface area contributed by atoms with Crippen molar-refractivity contribution in [3.05, 3.63) is 46.3 Å². The van der Waals surface area contributed by atoms with Gasteiger partial charge in [0.25, 0.3) is 5.91 Å². The summed E-state index contributed by atoms with van der Waals surface area (Å²) in [5.41, 5.74) is 1.54. The fourth-order valence-electron chi connectivity index (χ4n) is 3.86. The van der Waals surface area contributed by atoms with Crippen molar-refractivity contribution in [1.82, 2.24) is 10.1 Å². The molecule has 2 heterocycles. The summed E-state index contributed by atoms with van der Waals surface area (Å²) >= 11 is 6.15. The molecule has 1 unspecified atom stereocenters. The van der Waals surface area contributed by atoms with Gasteiger partial charge in [0, 0.05) is 31.0 Å². The zero-order valence-electron chi connectivity index (χ0n) is 14.7. The molecule has 1 saturated heterocycles. The molecule has 1 aliphatic carbocycles. The first-order chi connectivity index (χ1) is 12.7. The SMILES string of the molecule is O=C(c1noc2c1CCCC2)N1CCCC(COc2ccccc2Cl)C1. The Hall–Kier alpha value is -2.01. The van der Waals surface area contributed by atoms with Crippen molar-refractivity contribution in [2.45, 2.75) is 38.5 Å². The molecule has 26 heavy (non-hydrogen) atoms. The Morgan fingerprint density at radius 2 is 2.12 bits per heavy atom. The largest absolute Gasteiger partial charge is 0.492 e. The Balaban J connectivity index is 1.39. The number of ether oxygens (including phenoxy) is 1. The van der Waals surface area contributed by atoms with Crippen LogP contribution >= 0.6 is 11.6 Å². The molecule has 1 aliphatic heterocycles. The van der Waals surface area contributed by atoms with Crippen LogP contribution in [0.1, 0.15) is 47.5 Å². The number of benzene rings is 1. The van der Waals surface area contributed by atoms with E-state index in [1.807, 2.05) is 29.2 Å². The number of carbonyl (C=O) groups excluding carboxylic acids is 1. The second kappa shape index (κ2) is 7.70. The van der Waals surface area contributed by atoms with E-state index in [0.717, 1.165) is 56.4 Å². The second-order valence-corrected chi connectivity index (χ2v) is 7.55. The molecule has 1 fully saturated rings. The van der Waals surface area contributed by atoms with Crippen molar-refractivity contribution in [3.8, 4) is 5.75 Å². The van der Waals surface area contributed by atoms with Crippen LogP contribution < -0.4 is 4.74 Å². The van der Waals surface area contributed by atoms with Gasteiger partial charge in [-0.1, -0.05) is 28.9 Å². The number of fused-ring (bicyclic) bond motifs is 1. The fourth-order valence-corrected chi connectivity index (χ4v) is 4.05. The van der Waals surface area contributed by atoms with Gasteiger partial charge < -0.3 is 14.2 Å². The minimum absolute atomic E-state index is 0.000608. The summed E-state index contributed by atoms with van der Waals surface area (Å²) in [6.07, 6.45) is 6.02. The van der Waals surface area contributed by atoms with Crippen LogP contribution in [0.5, 0.6) is 5.75 Å². The summed E-state index contributed by atoms with van der Waals surface area (Å²) in [5.74, 6) is 1.89. The van der Waals surface area contributed by atoms with Gasteiger partial charge in [-0.05, 0) is 44.2 Å². The van der Waals surface area contributed by atoms with Crippen LogP contribution in [0.4, 0.5) is 0 Å². The molecule has 4 rings (SSSR count). The summed E-state index contributed by atoms with van der Waals surface area (Å²) in [6.45, 7) is 2.01. The molecule has 0 N–H and O–H groups in total. The molecule has 5 nitrogen and oxygen atoms in total. The highest BCUT2D eigenvalue weighted by molar-refractivity contribution is 6.32. The summed E-state index contributed by atoms with van der Waals surface area (Å²) in [6, 6.07) is 7.48. The monoisotopic (exact) mass is 374 g/mol. The molecule has 1 atom stereocenters. The predicted octanol–water partition coefficient (Wildman–Crippen LogP) is 4.14. The van der Waals surface area contributed by atoms with Gasteiger partial charge in [-0.15, -0.1) is 0 Å². The number of halogens is 1. The fraction of sp³-hybridized carbons (Fsp3) is 0.500. The van der Waals surface area contributed by atoms with Gasteiger partial charge in [0.2, 0.25) is 0 Å². The molecule has 6 heteroatoms. The number of nitrogens with zero attached hydrogens (tertiary/aromatic N) is 2. The molecule has 0 saturated carbocycles. The highest BCUT2D eigenvalue weighted by Gasteiger charge is 2.30. The number of para-hydroxylation sites is 1. The van der Waals surface area contributed by atoms with E-state index in [1.165, 1.54) is 0 Å². The maximum absolute atomic E-state index is 12.9. The molecule has 0 bridgehead atoms. The lowest BCUT2D eigenvalue weighted by Gasteiger charge is -2.32. The maximum Gasteiger partial charge on any atom is 0.276 e. The smallest absolute Gasteiger partial charge is 0.276 e. The molecule has 2 aromatic rings. The van der Waals surface area contributed by atoms with Crippen molar-refractivity contribution in [2.75, 3.05) is 19.7 Å². The lowest BCUT2D eigenvalue weighted by molar-refractivity contribution is 0.0622. The van der Waals surface area contributed by atoms with E-state index in [-0.39, 0.29) is 5.91 Å². The third-order valence-corrected chi connectivity index (χ3v) is 5.58. The van der Waals surface area contributed by atoms with E-state index >= 15 is 0 Å². The van der Waals surface area contributed by atoms with Crippen molar-refractivity contribution in [3.63, 3.8) is 0 Å². The van der Waals surface area contributed by atoms with E-state index in [1.54, 1.807) is 0 Å². The van der Waals surface area contributed by atoms with E-state index in [4.69, 9.17) is 20.9 Å². The lowest BCUT2D eigenvalue weighted by Crippen LogP contribution is -2.42. The molecular weight excluding hydrogens is 352 g/mol. The van der Waals surface area contributed by atoms with Crippen LogP contribution in [0.15, 0.2) is 28.8 Å². The van der Waals surface area contributed by atoms with Gasteiger partial charge in [-0.2, -0.15) is 0 Å². The molecule has 1 amide bonds. The maximum atomic E-state index is 12.9. The standard InChI is InChI=1S/C20H23ClN2O3/c21-16-8-2-4-10-18(16)25-13-14-6-5-11-23(12-14)20(24)19-15-7-1-3-9-17(15)26-22-19/h2,4,8,10,14H,1,3,5-7,9,11-13H2. The van der Waals surface area contributed by atoms with Crippen LogP contribution in [0.25, 0.3) is 0 Å². The van der Waals surface area contributed by atoms with Crippen molar-refractivity contribution in [1.29, 1.82) is 0 Å². The summed E-state index contributed by atoms with van der Waals surface area (Å²) in [5, 5.41) is 4.70. The summed E-state index contributed by atoms with van der Waals surface area (Å²) in [7, 11) is 0. The third kappa shape index (κ3) is 3.58. The normalized spacial score (nSPS) is 19.9. The highest BCUT2D eigenvalue weighted by Crippen LogP contribution is 2.28. The number of carbonyl (C=O) groups is 1. The number of aryl methyl sites for hydroxylation is 1. The number of hydrogen-bond acceptors (Lipinski definition) is 4. The third-order valence-electron chi connectivity index (χ3n) is 5.27. The number of aromatic nitrogens is 1. The van der Waals surface area contributed by atoms with E-state index < -0.39 is 0 Å². The molecule has 138 valence electrons. The number of piperidine rings is 1. The molecule has 1 aromatic heterocycles. The zero-order valence-corrected chi connectivity index (χ0v) is 15.5. The van der Waals surface area contributed by atoms with E-state index in [9.17, 15) is 4.79 Å². The van der Waals surface area contributed by atoms with Gasteiger partial charge in [0.05, 0.1) is 11.6 Å². The minimum Gasteiger partial charge on any atom is -0.492 e. The number of amides is 1. The summed E-state index contributed by atoms with van der Waals surface area (Å²) in [4.78, 5) is 14.8. The predicted molar refractivity (Wildman–Crippen MR) is 98.7 cm³/mol. The van der Waals surface area contributed by atoms with E-state index in [0.29, 0.717) is 35.5 Å². The quantitative estimate of drug-likeness (QED) is 0.807. The Bertz CT molecular complexity index is 789. The Morgan fingerprint density at radius 1 is 1.27 bits per heavy atom. The second-order valence-electron chi connectivity index (χ2n) is 7.14. The van der Waals surface area contributed by atoms with Crippen molar-refractivity contribution < 1.29 is 14.1 Å². The van der Waals surface area contributed by atoms with Gasteiger partial charge >= 0.3 is 0 Å². The molecule has 0 spiro atoms. The molecule has 1 aromatic carbocycles. The first-order valence-corrected chi connectivity index (χ1v) is 9.74. The Morgan fingerprint density at radius 3 is 3.00 bits per heavy atom. The highest BCUT2D eigenvalue weighted by atomic mass is 35.5. The van der Waals surface area contributed by atoms with E-state index in [2.05, 4.69) is 5.16 Å². The Labute approximate surface area is 158 Å². The topological polar surface area (TPSA) is 55.6 Å². The average Bonchev–Trinajstić information content (AvgIpc) is 3.11. The minimum atomic E-state index is -0.000608. The van der Waals surface area contributed by atoms with Crippen LogP contribution in [0.3, 0.4) is 0 Å². The average molecular weight is 375 g/mol. The molecule has 0 radical (unpaired) electrons. The number of rotatable bonds is 4. The van der Waals surface area contributed by atoms with Gasteiger partial charge in [0.15, 0.2) is 5.69 Å². The van der Waals surface area contributed by atoms with Crippen molar-refractivity contribution in [2.24, 2.45) is 5.92 Å². The molecule has 2 aliphatic rings. The first kappa shape index (κ1) is 17.4. The Kier molecular flexibility index (Phi) is 5.16. The van der Waals surface area contributed by atoms with Gasteiger partial charge in [0.1, 0.15) is 11.5 Å². The van der Waals surface area contributed by atoms with Gasteiger partial charge in [-0.25, -0.2) is 0 Å². The van der Waals surface area contributed by atoms with Crippen LogP contribution in [0, 0.1) is 5.92 Å². The number of hydrogen-bond donors (Lipinski definition) is 0. The van der Waals surface area contributed by atoms with Crippen LogP contribution in [-0.4, -0.2) is 35.7 Å². The van der Waals surface area contributed by atoms with Crippen molar-refractivity contribution >= 4 is 17.5 Å².